The quantitative estimate of drug-likeness (QED) is 0.579. The van der Waals surface area contributed by atoms with Crippen LogP contribution in [0, 0.1) is 19.8 Å². The predicted molar refractivity (Wildman–Crippen MR) is 120 cm³/mol. The monoisotopic (exact) mass is 424 g/mol. The molecule has 3 rings (SSSR count). The third-order valence-corrected chi connectivity index (χ3v) is 6.00. The van der Waals surface area contributed by atoms with Crippen LogP contribution in [-0.2, 0) is 17.9 Å². The summed E-state index contributed by atoms with van der Waals surface area (Å²) in [6.07, 6.45) is 0. The van der Waals surface area contributed by atoms with Crippen molar-refractivity contribution in [3.63, 3.8) is 0 Å². The second-order valence-corrected chi connectivity index (χ2v) is 8.63. The maximum atomic E-state index is 12.8. The van der Waals surface area contributed by atoms with Crippen LogP contribution >= 0.6 is 11.3 Å². The Hall–Kier alpha value is -2.93. The summed E-state index contributed by atoms with van der Waals surface area (Å²) in [4.78, 5) is 25.8. The Balaban J connectivity index is 1.66. The van der Waals surface area contributed by atoms with Crippen molar-refractivity contribution in [1.29, 1.82) is 0 Å². The minimum Gasteiger partial charge on any atom is -0.350 e. The van der Waals surface area contributed by atoms with Gasteiger partial charge >= 0.3 is 0 Å². The van der Waals surface area contributed by atoms with Crippen molar-refractivity contribution >= 4 is 23.2 Å². The summed E-state index contributed by atoms with van der Waals surface area (Å²) in [5, 5.41) is 12.3. The van der Waals surface area contributed by atoms with Crippen LogP contribution in [0.2, 0.25) is 0 Å². The Kier molecular flexibility index (Phi) is 7.05. The predicted octanol–water partition coefficient (Wildman–Crippen LogP) is 3.68. The molecule has 0 saturated carbocycles. The van der Waals surface area contributed by atoms with Gasteiger partial charge in [-0.05, 0) is 36.8 Å². The molecule has 0 bridgehead atoms. The van der Waals surface area contributed by atoms with Crippen molar-refractivity contribution in [2.24, 2.45) is 5.92 Å². The maximum absolute atomic E-state index is 12.8. The molecule has 0 radical (unpaired) electrons. The van der Waals surface area contributed by atoms with Crippen LogP contribution in [0.1, 0.15) is 46.0 Å². The minimum absolute atomic E-state index is 0.0306. The SMILES string of the molecule is Cc1nn(Cc2ccccc2)c(C)c1CNC(=O)C(NC(=O)c1cccs1)C(C)C. The van der Waals surface area contributed by atoms with E-state index in [4.69, 9.17) is 0 Å². The average Bonchev–Trinajstić information content (AvgIpc) is 3.34. The molecule has 0 aliphatic heterocycles. The van der Waals surface area contributed by atoms with E-state index >= 15 is 0 Å². The fourth-order valence-electron chi connectivity index (χ4n) is 3.34. The molecule has 0 aliphatic carbocycles. The number of benzene rings is 1. The largest absolute Gasteiger partial charge is 0.350 e. The van der Waals surface area contributed by atoms with Gasteiger partial charge in [-0.1, -0.05) is 50.2 Å². The Morgan fingerprint density at radius 2 is 1.83 bits per heavy atom. The number of hydrogen-bond acceptors (Lipinski definition) is 4. The summed E-state index contributed by atoms with van der Waals surface area (Å²) < 4.78 is 1.96. The lowest BCUT2D eigenvalue weighted by Crippen LogP contribution is -2.49. The normalized spacial score (nSPS) is 12.0. The van der Waals surface area contributed by atoms with E-state index in [0.717, 1.165) is 17.0 Å². The molecule has 6 nitrogen and oxygen atoms in total. The standard InChI is InChI=1S/C23H28N4O2S/c1-15(2)21(25-22(28)20-11-8-12-30-20)23(29)24-13-19-16(3)26-27(17(19)4)14-18-9-6-5-7-10-18/h5-12,15,21H,13-14H2,1-4H3,(H,24,29)(H,25,28). The Morgan fingerprint density at radius 3 is 2.47 bits per heavy atom. The van der Waals surface area contributed by atoms with Crippen molar-refractivity contribution in [3.05, 3.63) is 75.2 Å². The van der Waals surface area contributed by atoms with Crippen molar-refractivity contribution in [3.8, 4) is 0 Å². The first-order valence-corrected chi connectivity index (χ1v) is 10.9. The number of aryl methyl sites for hydroxylation is 1. The van der Waals surface area contributed by atoms with E-state index in [9.17, 15) is 9.59 Å². The number of carbonyl (C=O) groups is 2. The van der Waals surface area contributed by atoms with Gasteiger partial charge in [-0.3, -0.25) is 14.3 Å². The number of carbonyl (C=O) groups excluding carboxylic acids is 2. The van der Waals surface area contributed by atoms with Gasteiger partial charge in [0.15, 0.2) is 0 Å². The zero-order valence-corrected chi connectivity index (χ0v) is 18.6. The van der Waals surface area contributed by atoms with E-state index in [1.54, 1.807) is 6.07 Å². The molecule has 30 heavy (non-hydrogen) atoms. The Morgan fingerprint density at radius 1 is 1.10 bits per heavy atom. The molecule has 2 N–H and O–H groups in total. The van der Waals surface area contributed by atoms with E-state index in [-0.39, 0.29) is 17.7 Å². The molecule has 2 aromatic heterocycles. The Bertz CT molecular complexity index is 994. The highest BCUT2D eigenvalue weighted by Crippen LogP contribution is 2.15. The number of thiophene rings is 1. The summed E-state index contributed by atoms with van der Waals surface area (Å²) in [7, 11) is 0. The van der Waals surface area contributed by atoms with Crippen LogP contribution in [0.5, 0.6) is 0 Å². The molecular weight excluding hydrogens is 396 g/mol. The van der Waals surface area contributed by atoms with Gasteiger partial charge in [-0.25, -0.2) is 0 Å². The first-order valence-electron chi connectivity index (χ1n) is 10.1. The lowest BCUT2D eigenvalue weighted by atomic mass is 10.0. The van der Waals surface area contributed by atoms with E-state index < -0.39 is 6.04 Å². The van der Waals surface area contributed by atoms with Crippen LogP contribution in [0.25, 0.3) is 0 Å². The molecule has 1 unspecified atom stereocenters. The summed E-state index contributed by atoms with van der Waals surface area (Å²) in [6, 6.07) is 13.1. The molecule has 2 amide bonds. The van der Waals surface area contributed by atoms with Crippen LogP contribution in [0.15, 0.2) is 47.8 Å². The minimum atomic E-state index is -0.598. The molecule has 0 saturated heterocycles. The molecule has 0 spiro atoms. The third kappa shape index (κ3) is 5.16. The van der Waals surface area contributed by atoms with Crippen molar-refractivity contribution in [2.45, 2.75) is 46.8 Å². The molecule has 3 aromatic rings. The molecule has 1 aromatic carbocycles. The number of amides is 2. The smallest absolute Gasteiger partial charge is 0.262 e. The van der Waals surface area contributed by atoms with Gasteiger partial charge in [0.2, 0.25) is 5.91 Å². The molecule has 158 valence electrons. The molecule has 2 heterocycles. The number of aromatic nitrogens is 2. The van der Waals surface area contributed by atoms with E-state index in [1.165, 1.54) is 16.9 Å². The van der Waals surface area contributed by atoms with Gasteiger partial charge in [0.05, 0.1) is 17.1 Å². The highest BCUT2D eigenvalue weighted by Gasteiger charge is 2.25. The molecule has 0 fully saturated rings. The molecule has 1 atom stereocenters. The number of nitrogens with zero attached hydrogens (tertiary/aromatic N) is 2. The second-order valence-electron chi connectivity index (χ2n) is 7.68. The van der Waals surface area contributed by atoms with Gasteiger partial charge in [0.25, 0.3) is 5.91 Å². The van der Waals surface area contributed by atoms with E-state index in [1.807, 2.05) is 62.0 Å². The number of rotatable bonds is 8. The van der Waals surface area contributed by atoms with Crippen LogP contribution in [0.4, 0.5) is 0 Å². The van der Waals surface area contributed by atoms with Gasteiger partial charge in [-0.15, -0.1) is 11.3 Å². The average molecular weight is 425 g/mol. The second kappa shape index (κ2) is 9.71. The first-order chi connectivity index (χ1) is 14.4. The van der Waals surface area contributed by atoms with Gasteiger partial charge in [0.1, 0.15) is 6.04 Å². The highest BCUT2D eigenvalue weighted by atomic mass is 32.1. The first kappa shape index (κ1) is 21.8. The summed E-state index contributed by atoms with van der Waals surface area (Å²) in [5.74, 6) is -0.441. The molecule has 7 heteroatoms. The van der Waals surface area contributed by atoms with Crippen LogP contribution in [0.3, 0.4) is 0 Å². The zero-order valence-electron chi connectivity index (χ0n) is 17.8. The number of hydrogen-bond donors (Lipinski definition) is 2. The van der Waals surface area contributed by atoms with Gasteiger partial charge in [-0.2, -0.15) is 5.10 Å². The fraction of sp³-hybridized carbons (Fsp3) is 0.348. The topological polar surface area (TPSA) is 76.0 Å². The molecular formula is C23H28N4O2S. The lowest BCUT2D eigenvalue weighted by Gasteiger charge is -2.21. The van der Waals surface area contributed by atoms with Crippen LogP contribution in [-0.4, -0.2) is 27.6 Å². The maximum Gasteiger partial charge on any atom is 0.262 e. The van der Waals surface area contributed by atoms with Crippen molar-refractivity contribution in [1.82, 2.24) is 20.4 Å². The highest BCUT2D eigenvalue weighted by molar-refractivity contribution is 7.12. The van der Waals surface area contributed by atoms with Crippen molar-refractivity contribution in [2.75, 3.05) is 0 Å². The van der Waals surface area contributed by atoms with E-state index in [2.05, 4.69) is 27.9 Å². The lowest BCUT2D eigenvalue weighted by molar-refractivity contribution is -0.124. The third-order valence-electron chi connectivity index (χ3n) is 5.13. The summed E-state index contributed by atoms with van der Waals surface area (Å²) >= 11 is 1.36. The van der Waals surface area contributed by atoms with Gasteiger partial charge < -0.3 is 10.6 Å². The number of nitrogens with one attached hydrogen (secondary N) is 2. The summed E-state index contributed by atoms with van der Waals surface area (Å²) in [6.45, 7) is 8.88. The van der Waals surface area contributed by atoms with E-state index in [0.29, 0.717) is 18.0 Å². The Labute approximate surface area is 181 Å². The van der Waals surface area contributed by atoms with Gasteiger partial charge in [0, 0.05) is 17.8 Å². The van der Waals surface area contributed by atoms with Crippen molar-refractivity contribution < 1.29 is 9.59 Å². The molecule has 0 aliphatic rings. The fourth-order valence-corrected chi connectivity index (χ4v) is 3.97. The summed E-state index contributed by atoms with van der Waals surface area (Å²) in [5.41, 5.74) is 4.11. The zero-order chi connectivity index (χ0) is 21.7. The van der Waals surface area contributed by atoms with Crippen LogP contribution < -0.4 is 10.6 Å².